The lowest BCUT2D eigenvalue weighted by Crippen LogP contribution is -2.43. The van der Waals surface area contributed by atoms with E-state index in [0.29, 0.717) is 44.2 Å². The number of aliphatic hydroxyl groups is 1. The van der Waals surface area contributed by atoms with Gasteiger partial charge in [-0.1, -0.05) is 13.0 Å². The molecule has 0 saturated carbocycles. The second-order valence-corrected chi connectivity index (χ2v) is 12.8. The molecule has 1 N–H and O–H groups in total. The van der Waals surface area contributed by atoms with Crippen LogP contribution in [0.1, 0.15) is 18.9 Å². The molecule has 4 heterocycles. The number of likely N-dealkylation sites (N-methyl/N-ethyl adjacent to an activating group) is 1. The van der Waals surface area contributed by atoms with Crippen molar-refractivity contribution in [2.75, 3.05) is 197 Å². The number of ether oxygens (including phenoxy) is 10. The molecule has 0 amide bonds. The van der Waals surface area contributed by atoms with Crippen molar-refractivity contribution >= 4 is 0 Å². The van der Waals surface area contributed by atoms with Crippen molar-refractivity contribution in [2.24, 2.45) is 11.3 Å². The van der Waals surface area contributed by atoms with Crippen molar-refractivity contribution in [3.05, 3.63) is 30.1 Å². The first-order valence-corrected chi connectivity index (χ1v) is 18.4. The van der Waals surface area contributed by atoms with Crippen LogP contribution in [0.5, 0.6) is 0 Å². The number of hydrogen-bond acceptors (Lipinski definition) is 14. The van der Waals surface area contributed by atoms with Gasteiger partial charge in [-0.05, 0) is 53.2 Å². The number of morpholine rings is 1. The highest BCUT2D eigenvalue weighted by atomic mass is 19.1. The maximum atomic E-state index is 11.1. The first-order valence-electron chi connectivity index (χ1n) is 18.4. The van der Waals surface area contributed by atoms with Crippen LogP contribution in [0.2, 0.25) is 0 Å². The summed E-state index contributed by atoms with van der Waals surface area (Å²) in [5, 5.41) is 7.94. The summed E-state index contributed by atoms with van der Waals surface area (Å²) in [6.07, 6.45) is 4.13. The fraction of sp³-hybridized carbons (Fsp3) is 0.872. The molecule has 14 nitrogen and oxygen atoms in total. The van der Waals surface area contributed by atoms with E-state index in [0.717, 1.165) is 65.9 Å². The third kappa shape index (κ3) is 64.7. The highest BCUT2D eigenvalue weighted by Crippen LogP contribution is 2.25. The summed E-state index contributed by atoms with van der Waals surface area (Å²) >= 11 is 0. The van der Waals surface area contributed by atoms with Crippen LogP contribution >= 0.6 is 0 Å². The van der Waals surface area contributed by atoms with Crippen molar-refractivity contribution in [3.63, 3.8) is 0 Å². The Balaban J connectivity index is -0.000000172. The van der Waals surface area contributed by atoms with Gasteiger partial charge in [-0.3, -0.25) is 9.37 Å². The van der Waals surface area contributed by atoms with Crippen LogP contribution in [-0.2, 0) is 47.4 Å². The molecule has 16 heteroatoms. The van der Waals surface area contributed by atoms with Gasteiger partial charge in [0.1, 0.15) is 6.67 Å². The number of halogens is 2. The fourth-order valence-electron chi connectivity index (χ4n) is 3.14. The molecule has 3 aliphatic rings. The fourth-order valence-corrected chi connectivity index (χ4v) is 3.14. The average molecular weight is 808 g/mol. The van der Waals surface area contributed by atoms with E-state index in [1.165, 1.54) is 12.7 Å². The molecule has 3 fully saturated rings. The van der Waals surface area contributed by atoms with Crippen LogP contribution < -0.4 is 0 Å². The van der Waals surface area contributed by atoms with Crippen molar-refractivity contribution in [3.8, 4) is 0 Å². The minimum Gasteiger partial charge on any atom is -0.394 e. The minimum atomic E-state index is -0.378. The average Bonchev–Trinajstić information content (AvgIpc) is 3.14. The zero-order valence-corrected chi connectivity index (χ0v) is 36.9. The van der Waals surface area contributed by atoms with E-state index in [1.54, 1.807) is 48.9 Å². The zero-order chi connectivity index (χ0) is 42.9. The summed E-state index contributed by atoms with van der Waals surface area (Å²) in [4.78, 5) is 8.15. The third-order valence-electron chi connectivity index (χ3n) is 6.10. The van der Waals surface area contributed by atoms with Crippen LogP contribution in [0, 0.1) is 18.3 Å². The summed E-state index contributed by atoms with van der Waals surface area (Å²) in [6, 6.07) is 3.95. The number of aromatic nitrogens is 1. The van der Waals surface area contributed by atoms with E-state index in [9.17, 15) is 8.78 Å². The lowest BCUT2D eigenvalue weighted by atomic mass is 9.90. The number of aryl methyl sites for hydroxylation is 1. The number of rotatable bonds is 14. The lowest BCUT2D eigenvalue weighted by molar-refractivity contribution is -0.131. The number of methoxy groups -OCH3 is 7. The molecule has 0 radical (unpaired) electrons. The van der Waals surface area contributed by atoms with Crippen molar-refractivity contribution in [2.45, 2.75) is 20.3 Å². The highest BCUT2D eigenvalue weighted by molar-refractivity contribution is 5.04. The molecule has 0 atom stereocenters. The van der Waals surface area contributed by atoms with Crippen LogP contribution in [-0.4, -0.2) is 217 Å². The largest absolute Gasteiger partial charge is 0.394 e. The molecule has 3 saturated heterocycles. The molecule has 55 heavy (non-hydrogen) atoms. The van der Waals surface area contributed by atoms with E-state index in [4.69, 9.17) is 28.8 Å². The molecule has 3 aliphatic heterocycles. The Hall–Kier alpha value is -1.51. The minimum absolute atomic E-state index is 0.122. The molecule has 4 rings (SSSR count). The van der Waals surface area contributed by atoms with Crippen LogP contribution in [0.15, 0.2) is 24.5 Å². The van der Waals surface area contributed by atoms with Gasteiger partial charge < -0.3 is 62.3 Å². The lowest BCUT2D eigenvalue weighted by Gasteiger charge is -2.37. The van der Waals surface area contributed by atoms with Gasteiger partial charge in [-0.25, -0.2) is 4.39 Å². The van der Waals surface area contributed by atoms with Gasteiger partial charge in [0.25, 0.3) is 0 Å². The summed E-state index contributed by atoms with van der Waals surface area (Å²) < 4.78 is 69.4. The molecule has 0 spiro atoms. The van der Waals surface area contributed by atoms with E-state index in [-0.39, 0.29) is 26.6 Å². The summed E-state index contributed by atoms with van der Waals surface area (Å²) in [6.45, 7) is 15.5. The highest BCUT2D eigenvalue weighted by Gasteiger charge is 2.32. The van der Waals surface area contributed by atoms with E-state index < -0.39 is 0 Å². The van der Waals surface area contributed by atoms with Crippen LogP contribution in [0.25, 0.3) is 0 Å². The Morgan fingerprint density at radius 3 is 1.45 bits per heavy atom. The monoisotopic (exact) mass is 808 g/mol. The number of nitrogens with zero attached hydrogens (tertiary/aromatic N) is 3. The maximum Gasteiger partial charge on any atom is 0.113 e. The molecule has 334 valence electrons. The quantitative estimate of drug-likeness (QED) is 0.272. The number of aliphatic hydroxyl groups excluding tert-OH is 1. The van der Waals surface area contributed by atoms with Crippen molar-refractivity contribution < 1.29 is 61.3 Å². The summed E-state index contributed by atoms with van der Waals surface area (Å²) in [5.41, 5.74) is 1.54. The van der Waals surface area contributed by atoms with Gasteiger partial charge >= 0.3 is 0 Å². The Morgan fingerprint density at radius 1 is 0.782 bits per heavy atom. The first kappa shape index (κ1) is 62.7. The molecular formula is C39H83F2N3O11. The molecule has 0 bridgehead atoms. The van der Waals surface area contributed by atoms with E-state index in [2.05, 4.69) is 47.5 Å². The summed E-state index contributed by atoms with van der Waals surface area (Å²) in [7, 11) is 19.5. The number of pyridine rings is 1. The Kier molecular flexibility index (Phi) is 62.2. The van der Waals surface area contributed by atoms with Gasteiger partial charge in [0.15, 0.2) is 0 Å². The molecule has 0 unspecified atom stereocenters. The molecular weight excluding hydrogens is 724 g/mol. The molecule has 1 aromatic rings. The number of alkyl halides is 2. The predicted octanol–water partition coefficient (Wildman–Crippen LogP) is 3.96. The second-order valence-electron chi connectivity index (χ2n) is 12.8. The maximum absolute atomic E-state index is 11.1. The van der Waals surface area contributed by atoms with Gasteiger partial charge in [0.2, 0.25) is 0 Å². The first-order chi connectivity index (χ1) is 26.4. The standard InChI is InChI=1S/C6H7N.C6H12O2.C5H11NO.C5H10O2.C4H9FO.C4H10O2.C3H7FO.C3H9N.C3H8O2/c1-6-3-2-4-7-5-6;1-6(3-7-2)4-8-5-6;1-6-2-4-7-5-3-6;1-6-2-5-3-7-4-5;1-6-4-2-3-5;1-5-3-4-6-2;1-5-3-2-4;1-4(2)3;1-5-3-2-4/h2-5H,1H3;3-5H2,1-2H3;2-5H2,1H3;5H,2-4H2,1H3;2-4H2,1H3;3-4H2,1-2H3;2-3H2,1H3;1-3H3;4H,2-3H2,1H3. The summed E-state index contributed by atoms with van der Waals surface area (Å²) in [5.74, 6) is 0.685. The van der Waals surface area contributed by atoms with Crippen molar-refractivity contribution in [1.29, 1.82) is 0 Å². The van der Waals surface area contributed by atoms with E-state index >= 15 is 0 Å². The zero-order valence-electron chi connectivity index (χ0n) is 36.9. The van der Waals surface area contributed by atoms with Gasteiger partial charge in [0, 0.05) is 93.2 Å². The molecule has 0 aromatic carbocycles. The SMILES string of the molecule is CN(C)C.CN1CCOCC1.COCC1(C)COC1.COCC1COC1.COCCCF.COCCF.COCCO.COCCOC.Cc1cccnc1. The van der Waals surface area contributed by atoms with Gasteiger partial charge in [-0.15, -0.1) is 0 Å². The predicted molar refractivity (Wildman–Crippen MR) is 217 cm³/mol. The van der Waals surface area contributed by atoms with E-state index in [1.807, 2.05) is 51.3 Å². The molecule has 1 aromatic heterocycles. The smallest absolute Gasteiger partial charge is 0.113 e. The Morgan fingerprint density at radius 2 is 1.31 bits per heavy atom. The second kappa shape index (κ2) is 54.6. The van der Waals surface area contributed by atoms with Gasteiger partial charge in [-0.2, -0.15) is 0 Å². The van der Waals surface area contributed by atoms with Crippen LogP contribution in [0.3, 0.4) is 0 Å². The van der Waals surface area contributed by atoms with Gasteiger partial charge in [0.05, 0.1) is 92.6 Å². The third-order valence-corrected chi connectivity index (χ3v) is 6.10. The Bertz CT molecular complexity index is 741. The Labute approximate surface area is 334 Å². The molecule has 0 aliphatic carbocycles. The van der Waals surface area contributed by atoms with Crippen molar-refractivity contribution in [1.82, 2.24) is 14.8 Å². The van der Waals surface area contributed by atoms with Crippen LogP contribution in [0.4, 0.5) is 8.78 Å². The number of hydrogen-bond donors (Lipinski definition) is 1. The normalized spacial score (nSPS) is 14.9. The topological polar surface area (TPSA) is 132 Å².